The lowest BCUT2D eigenvalue weighted by molar-refractivity contribution is -0.126. The van der Waals surface area contributed by atoms with Crippen LogP contribution in [0.5, 0.6) is 0 Å². The van der Waals surface area contributed by atoms with E-state index in [0.717, 1.165) is 32.1 Å². The molecule has 3 N–H and O–H groups in total. The summed E-state index contributed by atoms with van der Waals surface area (Å²) in [4.78, 5) is 12.1. The van der Waals surface area contributed by atoms with Crippen molar-refractivity contribution in [2.24, 2.45) is 11.7 Å². The van der Waals surface area contributed by atoms with Gasteiger partial charge in [0.15, 0.2) is 0 Å². The zero-order valence-corrected chi connectivity index (χ0v) is 10.8. The van der Waals surface area contributed by atoms with Crippen molar-refractivity contribution < 1.29 is 4.79 Å². The number of amides is 1. The van der Waals surface area contributed by atoms with Gasteiger partial charge in [-0.1, -0.05) is 38.5 Å². The molecule has 2 aliphatic rings. The van der Waals surface area contributed by atoms with E-state index in [-0.39, 0.29) is 17.9 Å². The highest BCUT2D eigenvalue weighted by Gasteiger charge is 2.31. The Kier molecular flexibility index (Phi) is 4.84. The van der Waals surface area contributed by atoms with E-state index in [0.29, 0.717) is 6.04 Å². The lowest BCUT2D eigenvalue weighted by Gasteiger charge is -2.24. The normalized spacial score (nSPS) is 31.8. The predicted molar refractivity (Wildman–Crippen MR) is 69.6 cm³/mol. The van der Waals surface area contributed by atoms with Crippen LogP contribution >= 0.6 is 0 Å². The lowest BCUT2D eigenvalue weighted by atomic mass is 9.95. The fourth-order valence-electron chi connectivity index (χ4n) is 3.22. The largest absolute Gasteiger partial charge is 0.353 e. The Labute approximate surface area is 105 Å². The quantitative estimate of drug-likeness (QED) is 0.776. The van der Waals surface area contributed by atoms with Crippen molar-refractivity contribution in [2.75, 3.05) is 0 Å². The Balaban J connectivity index is 1.79. The molecule has 1 amide bonds. The molecule has 2 saturated carbocycles. The van der Waals surface area contributed by atoms with Crippen LogP contribution in [-0.2, 0) is 4.79 Å². The van der Waals surface area contributed by atoms with E-state index in [1.165, 1.54) is 32.1 Å². The van der Waals surface area contributed by atoms with Crippen molar-refractivity contribution in [3.05, 3.63) is 0 Å². The number of carbonyl (C=O) groups excluding carboxylic acids is 1. The zero-order chi connectivity index (χ0) is 12.1. The van der Waals surface area contributed by atoms with Crippen LogP contribution in [0.25, 0.3) is 0 Å². The van der Waals surface area contributed by atoms with Crippen molar-refractivity contribution in [3.8, 4) is 0 Å². The Bertz CT molecular complexity index is 247. The van der Waals surface area contributed by atoms with Crippen LogP contribution in [0.1, 0.15) is 64.2 Å². The molecule has 0 aromatic heterocycles. The van der Waals surface area contributed by atoms with Gasteiger partial charge >= 0.3 is 0 Å². The number of hydrogen-bond donors (Lipinski definition) is 2. The lowest BCUT2D eigenvalue weighted by Crippen LogP contribution is -2.43. The fourth-order valence-corrected chi connectivity index (χ4v) is 3.22. The van der Waals surface area contributed by atoms with Gasteiger partial charge in [0.05, 0.1) is 5.92 Å². The second kappa shape index (κ2) is 6.39. The molecule has 2 aliphatic carbocycles. The van der Waals surface area contributed by atoms with E-state index in [1.54, 1.807) is 0 Å². The smallest absolute Gasteiger partial charge is 0.224 e. The van der Waals surface area contributed by atoms with Gasteiger partial charge in [0, 0.05) is 12.1 Å². The first-order valence-corrected chi connectivity index (χ1v) is 7.33. The Morgan fingerprint density at radius 3 is 2.12 bits per heavy atom. The molecule has 17 heavy (non-hydrogen) atoms. The summed E-state index contributed by atoms with van der Waals surface area (Å²) in [5.41, 5.74) is 5.98. The van der Waals surface area contributed by atoms with Gasteiger partial charge in [-0.25, -0.2) is 0 Å². The van der Waals surface area contributed by atoms with Crippen LogP contribution < -0.4 is 11.1 Å². The summed E-state index contributed by atoms with van der Waals surface area (Å²) >= 11 is 0. The Morgan fingerprint density at radius 2 is 1.53 bits per heavy atom. The van der Waals surface area contributed by atoms with Crippen LogP contribution in [0.3, 0.4) is 0 Å². The molecule has 2 fully saturated rings. The third kappa shape index (κ3) is 3.70. The molecule has 98 valence electrons. The minimum absolute atomic E-state index is 0.0837. The topological polar surface area (TPSA) is 55.1 Å². The first kappa shape index (κ1) is 12.9. The summed E-state index contributed by atoms with van der Waals surface area (Å²) in [6, 6.07) is 0.513. The van der Waals surface area contributed by atoms with Gasteiger partial charge < -0.3 is 11.1 Å². The third-order valence-electron chi connectivity index (χ3n) is 4.36. The Hall–Kier alpha value is -0.570. The molecular formula is C14H26N2O. The third-order valence-corrected chi connectivity index (χ3v) is 4.36. The first-order valence-electron chi connectivity index (χ1n) is 7.33. The van der Waals surface area contributed by atoms with Crippen molar-refractivity contribution in [2.45, 2.75) is 76.3 Å². The highest BCUT2D eigenvalue weighted by Crippen LogP contribution is 2.25. The summed E-state index contributed by atoms with van der Waals surface area (Å²) < 4.78 is 0. The molecule has 0 saturated heterocycles. The van der Waals surface area contributed by atoms with Crippen molar-refractivity contribution in [1.29, 1.82) is 0 Å². The molecule has 2 atom stereocenters. The summed E-state index contributed by atoms with van der Waals surface area (Å²) in [5.74, 6) is 0.306. The highest BCUT2D eigenvalue weighted by molar-refractivity contribution is 5.80. The van der Waals surface area contributed by atoms with Gasteiger partial charge in [0.2, 0.25) is 5.91 Å². The van der Waals surface area contributed by atoms with Crippen LogP contribution in [-0.4, -0.2) is 18.0 Å². The number of nitrogens with one attached hydrogen (secondary N) is 1. The van der Waals surface area contributed by atoms with Gasteiger partial charge in [0.25, 0.3) is 0 Å². The molecule has 0 spiro atoms. The van der Waals surface area contributed by atoms with E-state index in [9.17, 15) is 4.79 Å². The molecule has 0 aromatic rings. The highest BCUT2D eigenvalue weighted by atomic mass is 16.2. The van der Waals surface area contributed by atoms with E-state index in [4.69, 9.17) is 5.73 Å². The molecule has 0 bridgehead atoms. The van der Waals surface area contributed by atoms with Crippen LogP contribution in [0.4, 0.5) is 0 Å². The number of carbonyl (C=O) groups is 1. The Morgan fingerprint density at radius 1 is 0.882 bits per heavy atom. The minimum Gasteiger partial charge on any atom is -0.353 e. The van der Waals surface area contributed by atoms with E-state index >= 15 is 0 Å². The van der Waals surface area contributed by atoms with Crippen molar-refractivity contribution in [1.82, 2.24) is 5.32 Å². The average molecular weight is 238 g/mol. The zero-order valence-electron chi connectivity index (χ0n) is 10.8. The van der Waals surface area contributed by atoms with E-state index in [2.05, 4.69) is 5.32 Å². The van der Waals surface area contributed by atoms with E-state index < -0.39 is 0 Å². The van der Waals surface area contributed by atoms with Gasteiger partial charge in [-0.3, -0.25) is 4.79 Å². The fraction of sp³-hybridized carbons (Fsp3) is 0.929. The molecule has 0 radical (unpaired) electrons. The monoisotopic (exact) mass is 238 g/mol. The molecule has 0 heterocycles. The standard InChI is InChI=1S/C14H26N2O/c15-13-10-6-9-12(13)14(17)16-11-7-4-2-1-3-5-8-11/h11-13H,1-10,15H2,(H,16,17). The molecule has 0 aliphatic heterocycles. The molecule has 0 aromatic carbocycles. The predicted octanol–water partition coefficient (Wildman–Crippen LogP) is 2.34. The maximum atomic E-state index is 12.1. The number of hydrogen-bond acceptors (Lipinski definition) is 2. The summed E-state index contributed by atoms with van der Waals surface area (Å²) in [5, 5.41) is 3.24. The van der Waals surface area contributed by atoms with Crippen LogP contribution in [0, 0.1) is 5.92 Å². The second-order valence-corrected chi connectivity index (χ2v) is 5.75. The van der Waals surface area contributed by atoms with Crippen LogP contribution in [0.2, 0.25) is 0 Å². The van der Waals surface area contributed by atoms with Gasteiger partial charge in [-0.2, -0.15) is 0 Å². The van der Waals surface area contributed by atoms with Crippen molar-refractivity contribution in [3.63, 3.8) is 0 Å². The molecule has 3 nitrogen and oxygen atoms in total. The molecule has 2 rings (SSSR count). The van der Waals surface area contributed by atoms with Gasteiger partial charge in [-0.05, 0) is 25.7 Å². The van der Waals surface area contributed by atoms with Crippen LogP contribution in [0.15, 0.2) is 0 Å². The second-order valence-electron chi connectivity index (χ2n) is 5.75. The molecular weight excluding hydrogens is 212 g/mol. The number of nitrogens with two attached hydrogens (primary N) is 1. The average Bonchev–Trinajstić information content (AvgIpc) is 2.68. The summed E-state index contributed by atoms with van der Waals surface area (Å²) in [6.07, 6.45) is 12.0. The SMILES string of the molecule is NC1CCCC1C(=O)NC1CCCCCCC1. The maximum absolute atomic E-state index is 12.1. The number of rotatable bonds is 2. The summed E-state index contributed by atoms with van der Waals surface area (Å²) in [7, 11) is 0. The van der Waals surface area contributed by atoms with Gasteiger partial charge in [0.1, 0.15) is 0 Å². The molecule has 3 heteroatoms. The van der Waals surface area contributed by atoms with Gasteiger partial charge in [-0.15, -0.1) is 0 Å². The maximum Gasteiger partial charge on any atom is 0.224 e. The van der Waals surface area contributed by atoms with Crippen molar-refractivity contribution >= 4 is 5.91 Å². The molecule has 2 unspecified atom stereocenters. The first-order chi connectivity index (χ1) is 8.27. The minimum atomic E-state index is 0.0837. The summed E-state index contributed by atoms with van der Waals surface area (Å²) in [6.45, 7) is 0. The van der Waals surface area contributed by atoms with E-state index in [1.807, 2.05) is 0 Å².